The molecule has 0 saturated carbocycles. The maximum Gasteiger partial charge on any atom is 0.0438 e. The molecule has 2 heteroatoms. The molecule has 1 N–H and O–H groups in total. The first-order valence-corrected chi connectivity index (χ1v) is 6.97. The molecule has 1 aromatic rings. The summed E-state index contributed by atoms with van der Waals surface area (Å²) in [5, 5.41) is 8.68. The van der Waals surface area contributed by atoms with E-state index in [1.807, 2.05) is 11.8 Å². The van der Waals surface area contributed by atoms with Crippen LogP contribution in [0.15, 0.2) is 24.3 Å². The van der Waals surface area contributed by atoms with Gasteiger partial charge in [-0.25, -0.2) is 0 Å². The molecule has 0 aliphatic carbocycles. The Kier molecular flexibility index (Phi) is 5.36. The summed E-state index contributed by atoms with van der Waals surface area (Å²) >= 11 is 1.88. The van der Waals surface area contributed by atoms with Gasteiger partial charge in [0.25, 0.3) is 0 Å². The fraction of sp³-hybridized carbons (Fsp3) is 0.571. The Balaban J connectivity index is 2.46. The number of hydrogen-bond donors (Lipinski definition) is 1. The van der Waals surface area contributed by atoms with Gasteiger partial charge < -0.3 is 5.11 Å². The van der Waals surface area contributed by atoms with Crippen LogP contribution in [-0.2, 0) is 11.2 Å². The summed E-state index contributed by atoms with van der Waals surface area (Å²) in [6.07, 6.45) is 0.894. The van der Waals surface area contributed by atoms with Crippen molar-refractivity contribution in [1.82, 2.24) is 0 Å². The molecule has 0 radical (unpaired) electrons. The predicted octanol–water partition coefficient (Wildman–Crippen LogP) is 3.60. The number of benzene rings is 1. The number of hydrogen-bond acceptors (Lipinski definition) is 2. The van der Waals surface area contributed by atoms with Crippen molar-refractivity contribution < 1.29 is 5.11 Å². The minimum atomic E-state index is 0.239. The minimum Gasteiger partial charge on any atom is -0.396 e. The molecule has 1 rings (SSSR count). The first-order valence-electron chi connectivity index (χ1n) is 5.82. The maximum absolute atomic E-state index is 8.68. The lowest BCUT2D eigenvalue weighted by Gasteiger charge is -2.19. The van der Waals surface area contributed by atoms with E-state index in [0.29, 0.717) is 6.61 Å². The monoisotopic (exact) mass is 238 g/mol. The third-order valence-corrected chi connectivity index (χ3v) is 3.65. The molecule has 0 saturated heterocycles. The van der Waals surface area contributed by atoms with Crippen LogP contribution < -0.4 is 0 Å². The van der Waals surface area contributed by atoms with Crippen molar-refractivity contribution in [3.63, 3.8) is 0 Å². The predicted molar refractivity (Wildman–Crippen MR) is 73.0 cm³/mol. The van der Waals surface area contributed by atoms with Crippen LogP contribution in [0.1, 0.15) is 38.3 Å². The molecular weight excluding hydrogens is 216 g/mol. The number of aliphatic hydroxyl groups excluding tert-OH is 1. The van der Waals surface area contributed by atoms with Crippen molar-refractivity contribution in [1.29, 1.82) is 0 Å². The van der Waals surface area contributed by atoms with Gasteiger partial charge in [-0.1, -0.05) is 45.0 Å². The molecule has 0 spiro atoms. The summed E-state index contributed by atoms with van der Waals surface area (Å²) in [6, 6.07) is 8.88. The van der Waals surface area contributed by atoms with Crippen LogP contribution in [0.5, 0.6) is 0 Å². The summed E-state index contributed by atoms with van der Waals surface area (Å²) in [5.41, 5.74) is 3.00. The molecule has 0 aromatic heterocycles. The molecule has 0 heterocycles. The second-order valence-corrected chi connectivity index (χ2v) is 6.18. The van der Waals surface area contributed by atoms with Crippen LogP contribution in [0.3, 0.4) is 0 Å². The summed E-state index contributed by atoms with van der Waals surface area (Å²) in [4.78, 5) is 0. The summed E-state index contributed by atoms with van der Waals surface area (Å²) in [5.74, 6) is 2.09. The average molecular weight is 238 g/mol. The molecule has 0 aliphatic heterocycles. The van der Waals surface area contributed by atoms with Gasteiger partial charge in [0, 0.05) is 12.4 Å². The van der Waals surface area contributed by atoms with Crippen molar-refractivity contribution in [3.8, 4) is 0 Å². The third kappa shape index (κ3) is 4.58. The van der Waals surface area contributed by atoms with Gasteiger partial charge in [0.2, 0.25) is 0 Å². The van der Waals surface area contributed by atoms with Gasteiger partial charge in [0.05, 0.1) is 0 Å². The molecule has 90 valence electrons. The smallest absolute Gasteiger partial charge is 0.0438 e. The molecule has 16 heavy (non-hydrogen) atoms. The molecule has 0 unspecified atom stereocenters. The molecule has 1 aromatic carbocycles. The Morgan fingerprint density at radius 3 is 2.25 bits per heavy atom. The Morgan fingerprint density at radius 2 is 1.75 bits per heavy atom. The van der Waals surface area contributed by atoms with Crippen molar-refractivity contribution in [2.45, 2.75) is 38.4 Å². The lowest BCUT2D eigenvalue weighted by molar-refractivity contribution is 0.296. The number of aliphatic hydroxyl groups is 1. The van der Waals surface area contributed by atoms with Crippen molar-refractivity contribution in [2.24, 2.45) is 0 Å². The highest BCUT2D eigenvalue weighted by Crippen LogP contribution is 2.23. The van der Waals surface area contributed by atoms with Crippen LogP contribution in [-0.4, -0.2) is 17.5 Å². The van der Waals surface area contributed by atoms with E-state index in [1.54, 1.807) is 0 Å². The van der Waals surface area contributed by atoms with E-state index in [0.717, 1.165) is 17.9 Å². The van der Waals surface area contributed by atoms with Gasteiger partial charge in [-0.3, -0.25) is 0 Å². The molecule has 0 bridgehead atoms. The van der Waals surface area contributed by atoms with E-state index in [9.17, 15) is 0 Å². The highest BCUT2D eigenvalue weighted by atomic mass is 32.2. The lowest BCUT2D eigenvalue weighted by Crippen LogP contribution is -2.10. The summed E-state index contributed by atoms with van der Waals surface area (Å²) < 4.78 is 0. The zero-order chi connectivity index (χ0) is 12.0. The van der Waals surface area contributed by atoms with Gasteiger partial charge in [0.1, 0.15) is 0 Å². The van der Waals surface area contributed by atoms with E-state index in [4.69, 9.17) is 5.11 Å². The summed E-state index contributed by atoms with van der Waals surface area (Å²) in [6.45, 7) is 7.00. The average Bonchev–Trinajstić information content (AvgIpc) is 2.24. The number of thioether (sulfide) groups is 1. The number of rotatable bonds is 5. The maximum atomic E-state index is 8.68. The Morgan fingerprint density at radius 1 is 1.12 bits per heavy atom. The van der Waals surface area contributed by atoms with Crippen LogP contribution >= 0.6 is 11.8 Å². The van der Waals surface area contributed by atoms with Crippen LogP contribution in [0.2, 0.25) is 0 Å². The quantitative estimate of drug-likeness (QED) is 0.791. The van der Waals surface area contributed by atoms with Crippen LogP contribution in [0, 0.1) is 0 Å². The summed E-state index contributed by atoms with van der Waals surface area (Å²) in [7, 11) is 0. The van der Waals surface area contributed by atoms with E-state index in [-0.39, 0.29) is 5.41 Å². The fourth-order valence-electron chi connectivity index (χ4n) is 1.46. The van der Waals surface area contributed by atoms with Gasteiger partial charge in [-0.05, 0) is 28.7 Å². The first-order chi connectivity index (χ1) is 7.54. The van der Waals surface area contributed by atoms with Crippen molar-refractivity contribution >= 4 is 11.8 Å². The standard InChI is InChI=1S/C14H22OS/c1-14(2,3)13-7-5-12(6-8-13)11-16-10-4-9-15/h5-8,15H,4,9-11H2,1-3H3. The van der Waals surface area contributed by atoms with Crippen LogP contribution in [0.4, 0.5) is 0 Å². The molecule has 0 aliphatic rings. The molecular formula is C14H22OS. The zero-order valence-electron chi connectivity index (χ0n) is 10.5. The van der Waals surface area contributed by atoms with Crippen molar-refractivity contribution in [3.05, 3.63) is 35.4 Å². The highest BCUT2D eigenvalue weighted by Gasteiger charge is 2.12. The molecule has 1 nitrogen and oxygen atoms in total. The Labute approximate surface area is 103 Å². The highest BCUT2D eigenvalue weighted by molar-refractivity contribution is 7.98. The van der Waals surface area contributed by atoms with E-state index >= 15 is 0 Å². The van der Waals surface area contributed by atoms with E-state index < -0.39 is 0 Å². The molecule has 0 fully saturated rings. The van der Waals surface area contributed by atoms with E-state index in [2.05, 4.69) is 45.0 Å². The second kappa shape index (κ2) is 6.31. The van der Waals surface area contributed by atoms with Gasteiger partial charge >= 0.3 is 0 Å². The lowest BCUT2D eigenvalue weighted by atomic mass is 9.87. The second-order valence-electron chi connectivity index (χ2n) is 5.08. The topological polar surface area (TPSA) is 20.2 Å². The van der Waals surface area contributed by atoms with E-state index in [1.165, 1.54) is 11.1 Å². The Hall–Kier alpha value is -0.470. The fourth-order valence-corrected chi connectivity index (χ4v) is 2.36. The minimum absolute atomic E-state index is 0.239. The third-order valence-electron chi connectivity index (χ3n) is 2.54. The molecule has 0 atom stereocenters. The van der Waals surface area contributed by atoms with Gasteiger partial charge in [-0.2, -0.15) is 11.8 Å². The van der Waals surface area contributed by atoms with Crippen molar-refractivity contribution in [2.75, 3.05) is 12.4 Å². The zero-order valence-corrected chi connectivity index (χ0v) is 11.3. The Bertz CT molecular complexity index is 298. The van der Waals surface area contributed by atoms with Gasteiger partial charge in [0.15, 0.2) is 0 Å². The first kappa shape index (κ1) is 13.6. The normalized spacial score (nSPS) is 11.8. The van der Waals surface area contributed by atoms with Crippen LogP contribution in [0.25, 0.3) is 0 Å². The SMILES string of the molecule is CC(C)(C)c1ccc(CSCCCO)cc1. The largest absolute Gasteiger partial charge is 0.396 e. The molecule has 0 amide bonds. The van der Waals surface area contributed by atoms with Gasteiger partial charge in [-0.15, -0.1) is 0 Å².